The van der Waals surface area contributed by atoms with E-state index in [0.29, 0.717) is 0 Å². The SMILES string of the molecule is CC1=NC(C(N)=O)CCN1C. The second-order valence-corrected chi connectivity index (χ2v) is 2.80. The molecule has 11 heavy (non-hydrogen) atoms. The molecule has 1 unspecified atom stereocenters. The van der Waals surface area contributed by atoms with Crippen molar-refractivity contribution in [3.63, 3.8) is 0 Å². The number of carbonyl (C=O) groups is 1. The van der Waals surface area contributed by atoms with Crippen LogP contribution in [0.25, 0.3) is 0 Å². The second kappa shape index (κ2) is 2.90. The van der Waals surface area contributed by atoms with Crippen molar-refractivity contribution >= 4 is 11.7 Å². The number of primary amides is 1. The van der Waals surface area contributed by atoms with Crippen molar-refractivity contribution in [2.45, 2.75) is 19.4 Å². The molecule has 0 saturated heterocycles. The van der Waals surface area contributed by atoms with E-state index >= 15 is 0 Å². The van der Waals surface area contributed by atoms with Crippen LogP contribution in [0.15, 0.2) is 4.99 Å². The highest BCUT2D eigenvalue weighted by atomic mass is 16.1. The topological polar surface area (TPSA) is 58.7 Å². The third-order valence-corrected chi connectivity index (χ3v) is 1.96. The van der Waals surface area contributed by atoms with Gasteiger partial charge in [0.25, 0.3) is 0 Å². The molecule has 0 saturated carbocycles. The zero-order valence-electron chi connectivity index (χ0n) is 6.87. The van der Waals surface area contributed by atoms with Gasteiger partial charge in [0.05, 0.1) is 5.84 Å². The summed E-state index contributed by atoms with van der Waals surface area (Å²) < 4.78 is 0. The summed E-state index contributed by atoms with van der Waals surface area (Å²) in [5, 5.41) is 0. The van der Waals surface area contributed by atoms with Crippen LogP contribution in [0.4, 0.5) is 0 Å². The summed E-state index contributed by atoms with van der Waals surface area (Å²) >= 11 is 0. The van der Waals surface area contributed by atoms with Crippen molar-refractivity contribution in [3.8, 4) is 0 Å². The minimum atomic E-state index is -0.322. The lowest BCUT2D eigenvalue weighted by Crippen LogP contribution is -2.39. The number of amides is 1. The first-order chi connectivity index (χ1) is 5.11. The average molecular weight is 155 g/mol. The van der Waals surface area contributed by atoms with Crippen LogP contribution < -0.4 is 5.73 Å². The molecule has 4 heteroatoms. The summed E-state index contributed by atoms with van der Waals surface area (Å²) in [6.07, 6.45) is 0.739. The number of hydrogen-bond donors (Lipinski definition) is 1. The van der Waals surface area contributed by atoms with Gasteiger partial charge >= 0.3 is 0 Å². The molecule has 1 heterocycles. The van der Waals surface area contributed by atoms with Gasteiger partial charge in [0.1, 0.15) is 6.04 Å². The van der Waals surface area contributed by atoms with Gasteiger partial charge in [-0.25, -0.2) is 0 Å². The van der Waals surface area contributed by atoms with E-state index in [1.807, 2.05) is 18.9 Å². The van der Waals surface area contributed by atoms with Crippen molar-refractivity contribution in [2.24, 2.45) is 10.7 Å². The van der Waals surface area contributed by atoms with E-state index in [0.717, 1.165) is 18.8 Å². The molecule has 1 atom stereocenters. The van der Waals surface area contributed by atoms with Crippen molar-refractivity contribution < 1.29 is 4.79 Å². The summed E-state index contributed by atoms with van der Waals surface area (Å²) in [5.74, 6) is 0.567. The Kier molecular flexibility index (Phi) is 2.12. The van der Waals surface area contributed by atoms with Crippen LogP contribution >= 0.6 is 0 Å². The van der Waals surface area contributed by atoms with Gasteiger partial charge in [-0.3, -0.25) is 9.79 Å². The minimum Gasteiger partial charge on any atom is -0.368 e. The molecule has 0 radical (unpaired) electrons. The Morgan fingerprint density at radius 1 is 1.82 bits per heavy atom. The van der Waals surface area contributed by atoms with E-state index in [1.54, 1.807) is 0 Å². The van der Waals surface area contributed by atoms with Gasteiger partial charge in [-0.2, -0.15) is 0 Å². The maximum atomic E-state index is 10.7. The van der Waals surface area contributed by atoms with Crippen LogP contribution in [0.2, 0.25) is 0 Å². The molecule has 0 spiro atoms. The molecule has 1 amide bonds. The number of hydrogen-bond acceptors (Lipinski definition) is 3. The fourth-order valence-electron chi connectivity index (χ4n) is 1.07. The van der Waals surface area contributed by atoms with Crippen LogP contribution in [0.3, 0.4) is 0 Å². The highest BCUT2D eigenvalue weighted by Crippen LogP contribution is 2.07. The van der Waals surface area contributed by atoms with E-state index in [1.165, 1.54) is 0 Å². The highest BCUT2D eigenvalue weighted by Gasteiger charge is 2.19. The summed E-state index contributed by atoms with van der Waals surface area (Å²) in [4.78, 5) is 16.8. The van der Waals surface area contributed by atoms with Crippen molar-refractivity contribution in [2.75, 3.05) is 13.6 Å². The molecule has 0 aliphatic carbocycles. The lowest BCUT2D eigenvalue weighted by molar-refractivity contribution is -0.119. The number of aliphatic imine (C=N–C) groups is 1. The maximum absolute atomic E-state index is 10.7. The first-order valence-corrected chi connectivity index (χ1v) is 3.66. The molecule has 0 bridgehead atoms. The maximum Gasteiger partial charge on any atom is 0.242 e. The number of nitrogens with zero attached hydrogens (tertiary/aromatic N) is 2. The predicted molar refractivity (Wildman–Crippen MR) is 43.3 cm³/mol. The van der Waals surface area contributed by atoms with E-state index in [9.17, 15) is 4.79 Å². The Labute approximate surface area is 66.1 Å². The quantitative estimate of drug-likeness (QED) is 0.560. The summed E-state index contributed by atoms with van der Waals surface area (Å²) in [6.45, 7) is 2.75. The Balaban J connectivity index is 2.69. The summed E-state index contributed by atoms with van der Waals surface area (Å²) in [5.41, 5.74) is 5.11. The van der Waals surface area contributed by atoms with Crippen molar-refractivity contribution in [1.82, 2.24) is 4.90 Å². The van der Waals surface area contributed by atoms with Gasteiger partial charge in [-0.1, -0.05) is 0 Å². The van der Waals surface area contributed by atoms with Gasteiger partial charge in [-0.15, -0.1) is 0 Å². The largest absolute Gasteiger partial charge is 0.368 e. The molecular formula is C7H13N3O. The number of carbonyl (C=O) groups excluding carboxylic acids is 1. The molecule has 0 fully saturated rings. The first-order valence-electron chi connectivity index (χ1n) is 3.66. The van der Waals surface area contributed by atoms with E-state index < -0.39 is 0 Å². The minimum absolute atomic E-state index is 0.300. The first kappa shape index (κ1) is 8.04. The number of amidine groups is 1. The third kappa shape index (κ3) is 1.69. The molecule has 4 nitrogen and oxygen atoms in total. The van der Waals surface area contributed by atoms with Crippen LogP contribution in [-0.2, 0) is 4.79 Å². The Hall–Kier alpha value is -1.06. The van der Waals surface area contributed by atoms with Crippen LogP contribution in [0.1, 0.15) is 13.3 Å². The van der Waals surface area contributed by atoms with Crippen LogP contribution in [-0.4, -0.2) is 36.3 Å². The van der Waals surface area contributed by atoms with Crippen LogP contribution in [0, 0.1) is 0 Å². The molecule has 1 aliphatic rings. The number of nitrogens with two attached hydrogens (primary N) is 1. The fraction of sp³-hybridized carbons (Fsp3) is 0.714. The predicted octanol–water partition coefficient (Wildman–Crippen LogP) is -0.406. The zero-order valence-corrected chi connectivity index (χ0v) is 6.87. The molecule has 2 N–H and O–H groups in total. The lowest BCUT2D eigenvalue weighted by Gasteiger charge is -2.26. The van der Waals surface area contributed by atoms with Gasteiger partial charge in [-0.05, 0) is 13.3 Å². The van der Waals surface area contributed by atoms with Gasteiger partial charge < -0.3 is 10.6 Å². The van der Waals surface area contributed by atoms with Gasteiger partial charge in [0.2, 0.25) is 5.91 Å². The average Bonchev–Trinajstić information content (AvgIpc) is 1.94. The summed E-state index contributed by atoms with van der Waals surface area (Å²) in [6, 6.07) is -0.300. The monoisotopic (exact) mass is 155 g/mol. The zero-order chi connectivity index (χ0) is 8.43. The standard InChI is InChI=1S/C7H13N3O/c1-5-9-6(7(8)11)3-4-10(5)2/h6H,3-4H2,1-2H3,(H2,8,11). The number of rotatable bonds is 1. The molecule has 0 aromatic rings. The lowest BCUT2D eigenvalue weighted by atomic mass is 10.1. The van der Waals surface area contributed by atoms with Gasteiger partial charge in [0.15, 0.2) is 0 Å². The smallest absolute Gasteiger partial charge is 0.242 e. The Bertz CT molecular complexity index is 200. The van der Waals surface area contributed by atoms with Gasteiger partial charge in [0, 0.05) is 13.6 Å². The molecule has 1 aliphatic heterocycles. The van der Waals surface area contributed by atoms with E-state index in [4.69, 9.17) is 5.73 Å². The molecule has 62 valence electrons. The van der Waals surface area contributed by atoms with E-state index in [-0.39, 0.29) is 11.9 Å². The molecular weight excluding hydrogens is 142 g/mol. The van der Waals surface area contributed by atoms with Crippen LogP contribution in [0.5, 0.6) is 0 Å². The fourth-order valence-corrected chi connectivity index (χ4v) is 1.07. The second-order valence-electron chi connectivity index (χ2n) is 2.80. The Morgan fingerprint density at radius 3 is 2.91 bits per heavy atom. The van der Waals surface area contributed by atoms with E-state index in [2.05, 4.69) is 4.99 Å². The molecule has 0 aromatic heterocycles. The third-order valence-electron chi connectivity index (χ3n) is 1.96. The highest BCUT2D eigenvalue weighted by molar-refractivity contribution is 5.87. The van der Waals surface area contributed by atoms with Crippen molar-refractivity contribution in [1.29, 1.82) is 0 Å². The van der Waals surface area contributed by atoms with Crippen molar-refractivity contribution in [3.05, 3.63) is 0 Å². The summed E-state index contributed by atoms with van der Waals surface area (Å²) in [7, 11) is 1.95. The Morgan fingerprint density at radius 2 is 2.45 bits per heavy atom. The molecule has 1 rings (SSSR count). The molecule has 0 aromatic carbocycles. The normalized spacial score (nSPS) is 24.7.